The number of carbonyl (C=O) groups excluding carboxylic acids is 1. The third kappa shape index (κ3) is 2.81. The molecule has 0 aliphatic carbocycles. The maximum Gasteiger partial charge on any atom is 0.263 e. The number of nitrogens with one attached hydrogen (secondary N) is 1. The summed E-state index contributed by atoms with van der Waals surface area (Å²) in [4.78, 5) is 12.2. The van der Waals surface area contributed by atoms with Crippen molar-refractivity contribution in [2.45, 2.75) is 6.54 Å². The Hall–Kier alpha value is -1.39. The van der Waals surface area contributed by atoms with Crippen molar-refractivity contribution in [2.75, 3.05) is 0 Å². The summed E-state index contributed by atoms with van der Waals surface area (Å²) in [6.45, 7) is 0.494. The summed E-state index contributed by atoms with van der Waals surface area (Å²) in [6, 6.07) is 9.07. The fraction of sp³-hybridized carbons (Fsp3) is 0.0909. The lowest BCUT2D eigenvalue weighted by atomic mass is 10.2. The molecule has 2 aromatic rings. The number of nitrogens with zero attached hydrogens (tertiary/aromatic N) is 1. The summed E-state index contributed by atoms with van der Waals surface area (Å²) in [5, 5.41) is 3.50. The molecule has 1 amide bonds. The number of hydrogen-bond donors (Lipinski definition) is 1. The van der Waals surface area contributed by atoms with Gasteiger partial charge in [-0.1, -0.05) is 23.7 Å². The van der Waals surface area contributed by atoms with E-state index in [4.69, 9.17) is 11.6 Å². The van der Waals surface area contributed by atoms with E-state index in [0.717, 1.165) is 5.56 Å². The quantitative estimate of drug-likeness (QED) is 0.913. The van der Waals surface area contributed by atoms with Gasteiger partial charge in [0, 0.05) is 17.8 Å². The Morgan fingerprint density at radius 1 is 1.31 bits per heavy atom. The van der Waals surface area contributed by atoms with Crippen LogP contribution in [0.3, 0.4) is 0 Å². The minimum atomic E-state index is -0.0996. The van der Waals surface area contributed by atoms with Crippen LogP contribution in [-0.2, 0) is 6.54 Å². The fourth-order valence-corrected chi connectivity index (χ4v) is 1.84. The molecule has 5 heteroatoms. The molecule has 3 nitrogen and oxygen atoms in total. The summed E-state index contributed by atoms with van der Waals surface area (Å²) in [7, 11) is 0. The van der Waals surface area contributed by atoms with Crippen LogP contribution in [0.15, 0.2) is 36.5 Å². The lowest BCUT2D eigenvalue weighted by molar-refractivity contribution is 0.0955. The van der Waals surface area contributed by atoms with Gasteiger partial charge in [-0.05, 0) is 35.3 Å². The van der Waals surface area contributed by atoms with Crippen molar-refractivity contribution in [1.29, 1.82) is 0 Å². The molecule has 0 aliphatic rings. The first-order valence-electron chi connectivity index (χ1n) is 4.69. The van der Waals surface area contributed by atoms with Crippen LogP contribution in [0.5, 0.6) is 0 Å². The van der Waals surface area contributed by atoms with Crippen LogP contribution in [0.1, 0.15) is 15.2 Å². The second-order valence-electron chi connectivity index (χ2n) is 3.19. The Bertz CT molecular complexity index is 467. The van der Waals surface area contributed by atoms with Gasteiger partial charge in [0.05, 0.1) is 0 Å². The number of aromatic nitrogens is 1. The Labute approximate surface area is 102 Å². The SMILES string of the molecule is O=C(NCc1ccc(Cl)cc1)c1ccns1. The molecule has 16 heavy (non-hydrogen) atoms. The van der Waals surface area contributed by atoms with E-state index in [0.29, 0.717) is 16.4 Å². The molecule has 0 radical (unpaired) electrons. The number of carbonyl (C=O) groups is 1. The van der Waals surface area contributed by atoms with Gasteiger partial charge in [0.15, 0.2) is 0 Å². The average molecular weight is 253 g/mol. The van der Waals surface area contributed by atoms with E-state index in [2.05, 4.69) is 9.69 Å². The third-order valence-corrected chi connectivity index (χ3v) is 3.03. The molecule has 2 rings (SSSR count). The van der Waals surface area contributed by atoms with Crippen LogP contribution in [0.4, 0.5) is 0 Å². The van der Waals surface area contributed by atoms with Crippen LogP contribution in [0.2, 0.25) is 5.02 Å². The van der Waals surface area contributed by atoms with Crippen LogP contribution >= 0.6 is 23.1 Å². The second-order valence-corrected chi connectivity index (χ2v) is 4.46. The van der Waals surface area contributed by atoms with Gasteiger partial charge >= 0.3 is 0 Å². The minimum Gasteiger partial charge on any atom is -0.347 e. The Morgan fingerprint density at radius 3 is 2.69 bits per heavy atom. The highest BCUT2D eigenvalue weighted by molar-refractivity contribution is 7.08. The first-order valence-corrected chi connectivity index (χ1v) is 5.84. The van der Waals surface area contributed by atoms with Gasteiger partial charge in [-0.3, -0.25) is 4.79 Å². The summed E-state index contributed by atoms with van der Waals surface area (Å²) >= 11 is 6.95. The summed E-state index contributed by atoms with van der Waals surface area (Å²) in [6.07, 6.45) is 1.61. The van der Waals surface area contributed by atoms with Crippen molar-refractivity contribution >= 4 is 29.0 Å². The van der Waals surface area contributed by atoms with Gasteiger partial charge in [0.2, 0.25) is 0 Å². The predicted octanol–water partition coefficient (Wildman–Crippen LogP) is 2.73. The average Bonchev–Trinajstić information content (AvgIpc) is 2.81. The van der Waals surface area contributed by atoms with Crippen molar-refractivity contribution in [3.63, 3.8) is 0 Å². The largest absolute Gasteiger partial charge is 0.347 e. The third-order valence-electron chi connectivity index (χ3n) is 2.03. The van der Waals surface area contributed by atoms with Crippen molar-refractivity contribution in [1.82, 2.24) is 9.69 Å². The lowest BCUT2D eigenvalue weighted by Crippen LogP contribution is -2.21. The van der Waals surface area contributed by atoms with Crippen molar-refractivity contribution < 1.29 is 4.79 Å². The van der Waals surface area contributed by atoms with E-state index < -0.39 is 0 Å². The smallest absolute Gasteiger partial charge is 0.263 e. The highest BCUT2D eigenvalue weighted by Gasteiger charge is 2.06. The molecule has 0 saturated carbocycles. The number of amides is 1. The minimum absolute atomic E-state index is 0.0996. The monoisotopic (exact) mass is 252 g/mol. The zero-order chi connectivity index (χ0) is 11.4. The van der Waals surface area contributed by atoms with E-state index in [1.165, 1.54) is 11.5 Å². The number of rotatable bonds is 3. The van der Waals surface area contributed by atoms with Crippen molar-refractivity contribution in [3.05, 3.63) is 52.0 Å². The van der Waals surface area contributed by atoms with Gasteiger partial charge in [-0.15, -0.1) is 0 Å². The topological polar surface area (TPSA) is 42.0 Å². The van der Waals surface area contributed by atoms with Gasteiger partial charge in [-0.2, -0.15) is 0 Å². The van der Waals surface area contributed by atoms with Crippen molar-refractivity contribution in [3.8, 4) is 0 Å². The Morgan fingerprint density at radius 2 is 2.06 bits per heavy atom. The van der Waals surface area contributed by atoms with Crippen molar-refractivity contribution in [2.24, 2.45) is 0 Å². The standard InChI is InChI=1S/C11H9ClN2OS/c12-9-3-1-8(2-4-9)7-13-11(15)10-5-6-14-16-10/h1-6H,7H2,(H,13,15). The number of hydrogen-bond acceptors (Lipinski definition) is 3. The molecule has 0 fully saturated rings. The van der Waals surface area contributed by atoms with E-state index >= 15 is 0 Å². The molecular formula is C11H9ClN2OS. The number of halogens is 1. The molecule has 1 aromatic heterocycles. The normalized spacial score (nSPS) is 10.1. The maximum atomic E-state index is 11.6. The highest BCUT2D eigenvalue weighted by Crippen LogP contribution is 2.10. The first kappa shape index (κ1) is 11.1. The van der Waals surface area contributed by atoms with Gasteiger partial charge in [0.1, 0.15) is 4.88 Å². The molecule has 0 saturated heterocycles. The van der Waals surface area contributed by atoms with Crippen LogP contribution in [0, 0.1) is 0 Å². The lowest BCUT2D eigenvalue weighted by Gasteiger charge is -2.03. The van der Waals surface area contributed by atoms with Crippen LogP contribution in [0.25, 0.3) is 0 Å². The molecule has 0 atom stereocenters. The summed E-state index contributed by atoms with van der Waals surface area (Å²) < 4.78 is 3.87. The van der Waals surface area contributed by atoms with Crippen LogP contribution < -0.4 is 5.32 Å². The number of benzene rings is 1. The molecule has 0 bridgehead atoms. The molecule has 0 aliphatic heterocycles. The first-order chi connectivity index (χ1) is 7.75. The molecule has 82 valence electrons. The summed E-state index contributed by atoms with van der Waals surface area (Å²) in [5.41, 5.74) is 1.02. The van der Waals surface area contributed by atoms with Crippen LogP contribution in [-0.4, -0.2) is 10.3 Å². The van der Waals surface area contributed by atoms with E-state index in [1.807, 2.05) is 12.1 Å². The zero-order valence-electron chi connectivity index (χ0n) is 8.31. The maximum absolute atomic E-state index is 11.6. The van der Waals surface area contributed by atoms with E-state index in [-0.39, 0.29) is 5.91 Å². The van der Waals surface area contributed by atoms with E-state index in [1.54, 1.807) is 24.4 Å². The van der Waals surface area contributed by atoms with Gasteiger partial charge in [-0.25, -0.2) is 4.37 Å². The molecule has 0 spiro atoms. The molecular weight excluding hydrogens is 244 g/mol. The van der Waals surface area contributed by atoms with E-state index in [9.17, 15) is 4.79 Å². The zero-order valence-corrected chi connectivity index (χ0v) is 9.89. The highest BCUT2D eigenvalue weighted by atomic mass is 35.5. The fourth-order valence-electron chi connectivity index (χ4n) is 1.20. The molecule has 1 N–H and O–H groups in total. The van der Waals surface area contributed by atoms with Gasteiger partial charge < -0.3 is 5.32 Å². The predicted molar refractivity (Wildman–Crippen MR) is 64.7 cm³/mol. The Balaban J connectivity index is 1.93. The molecule has 0 unspecified atom stereocenters. The molecule has 1 aromatic carbocycles. The summed E-state index contributed by atoms with van der Waals surface area (Å²) in [5.74, 6) is -0.0996. The molecule has 1 heterocycles. The van der Waals surface area contributed by atoms with Gasteiger partial charge in [0.25, 0.3) is 5.91 Å². The Kier molecular flexibility index (Phi) is 3.54. The second kappa shape index (κ2) is 5.09.